The highest BCUT2D eigenvalue weighted by atomic mass is 15.3. The van der Waals surface area contributed by atoms with Gasteiger partial charge < -0.3 is 0 Å². The van der Waals surface area contributed by atoms with Crippen LogP contribution in [0.4, 0.5) is 0 Å². The van der Waals surface area contributed by atoms with Crippen LogP contribution in [0.15, 0.2) is 85.7 Å². The minimum Gasteiger partial charge on any atom is -0.227 e. The number of rotatable bonds is 4. The maximum absolute atomic E-state index is 2.46. The van der Waals surface area contributed by atoms with Crippen molar-refractivity contribution in [1.82, 2.24) is 9.13 Å². The Morgan fingerprint density at radius 3 is 1.55 bits per heavy atom. The summed E-state index contributed by atoms with van der Waals surface area (Å²) < 4.78 is 9.59. The van der Waals surface area contributed by atoms with E-state index in [4.69, 9.17) is 0 Å². The van der Waals surface area contributed by atoms with Gasteiger partial charge in [-0.1, -0.05) is 60.7 Å². The van der Waals surface area contributed by atoms with Gasteiger partial charge in [0.25, 0.3) is 0 Å². The topological polar surface area (TPSA) is 17.6 Å². The number of aryl methyl sites for hydroxylation is 2. The second-order valence-corrected chi connectivity index (χ2v) is 8.39. The second-order valence-electron chi connectivity index (χ2n) is 8.39. The molecule has 144 valence electrons. The summed E-state index contributed by atoms with van der Waals surface area (Å²) in [7, 11) is 0. The normalized spacial score (nSPS) is 20.0. The summed E-state index contributed by atoms with van der Waals surface area (Å²) in [5, 5.41) is 0. The maximum Gasteiger partial charge on any atom is 0.247 e. The molecule has 2 aliphatic rings. The van der Waals surface area contributed by atoms with Crippen molar-refractivity contribution in [2.24, 2.45) is 0 Å². The fourth-order valence-corrected chi connectivity index (χ4v) is 5.19. The fourth-order valence-electron chi connectivity index (χ4n) is 5.19. The zero-order valence-electron chi connectivity index (χ0n) is 16.6. The molecular formula is C25H26N4+2. The third-order valence-electron chi connectivity index (χ3n) is 6.55. The van der Waals surface area contributed by atoms with E-state index in [1.807, 2.05) is 0 Å². The van der Waals surface area contributed by atoms with Crippen LogP contribution in [0.3, 0.4) is 0 Å². The summed E-state index contributed by atoms with van der Waals surface area (Å²) in [6.45, 7) is 0.864. The molecule has 2 aromatic heterocycles. The van der Waals surface area contributed by atoms with Crippen molar-refractivity contribution in [2.45, 2.75) is 44.4 Å². The van der Waals surface area contributed by atoms with E-state index in [1.165, 1.54) is 35.4 Å². The zero-order chi connectivity index (χ0) is 19.2. The molecule has 0 radical (unpaired) electrons. The van der Waals surface area contributed by atoms with Crippen molar-refractivity contribution in [3.63, 3.8) is 0 Å². The molecule has 4 heteroatoms. The second kappa shape index (κ2) is 6.73. The molecule has 0 amide bonds. The molecule has 0 N–H and O–H groups in total. The van der Waals surface area contributed by atoms with E-state index in [0.717, 1.165) is 19.5 Å². The highest BCUT2D eigenvalue weighted by molar-refractivity contribution is 5.24. The van der Waals surface area contributed by atoms with Crippen molar-refractivity contribution in [3.8, 4) is 0 Å². The first-order valence-corrected chi connectivity index (χ1v) is 10.6. The lowest BCUT2D eigenvalue weighted by molar-refractivity contribution is -0.913. The van der Waals surface area contributed by atoms with Crippen molar-refractivity contribution in [3.05, 3.63) is 108 Å². The molecule has 0 fully saturated rings. The van der Waals surface area contributed by atoms with E-state index in [-0.39, 0.29) is 0 Å². The van der Waals surface area contributed by atoms with Gasteiger partial charge in [0.2, 0.25) is 19.3 Å². The molecule has 0 saturated heterocycles. The van der Waals surface area contributed by atoms with Crippen LogP contribution in [-0.2, 0) is 19.5 Å². The Morgan fingerprint density at radius 2 is 1.10 bits per heavy atom. The number of imidazole rings is 2. The standard InChI is InChI=1S/C25H26N4/c1-3-7-20(8-4-1)24-13-11-22-15-26(18-28(22)24)17-27-16-23-12-14-25(29(23)19-27)21-9-5-2-6-10-21/h1-10,15-16,18-19,24-25H,11-14,17H2/q+2/t24-,25-/m1/s1. The number of nitrogens with zero attached hydrogens (tertiary/aromatic N) is 4. The van der Waals surface area contributed by atoms with Gasteiger partial charge >= 0.3 is 0 Å². The predicted molar refractivity (Wildman–Crippen MR) is 110 cm³/mol. The molecule has 4 heterocycles. The highest BCUT2D eigenvalue weighted by Gasteiger charge is 2.33. The lowest BCUT2D eigenvalue weighted by atomic mass is 10.1. The van der Waals surface area contributed by atoms with Gasteiger partial charge in [-0.2, -0.15) is 9.13 Å². The molecule has 0 bridgehead atoms. The quantitative estimate of drug-likeness (QED) is 0.481. The largest absolute Gasteiger partial charge is 0.247 e. The monoisotopic (exact) mass is 382 g/mol. The van der Waals surface area contributed by atoms with Crippen LogP contribution in [0, 0.1) is 0 Å². The van der Waals surface area contributed by atoms with Crippen molar-refractivity contribution < 1.29 is 9.13 Å². The van der Waals surface area contributed by atoms with E-state index in [9.17, 15) is 0 Å². The number of hydrogen-bond acceptors (Lipinski definition) is 0. The lowest BCUT2D eigenvalue weighted by Crippen LogP contribution is -2.50. The average Bonchev–Trinajstić information content (AvgIpc) is 3.50. The van der Waals surface area contributed by atoms with E-state index >= 15 is 0 Å². The summed E-state index contributed by atoms with van der Waals surface area (Å²) in [4.78, 5) is 0. The first-order valence-electron chi connectivity index (χ1n) is 10.6. The molecule has 2 aromatic carbocycles. The Hall–Kier alpha value is -3.14. The molecule has 29 heavy (non-hydrogen) atoms. The molecule has 0 saturated carbocycles. The van der Waals surface area contributed by atoms with Crippen LogP contribution in [0.5, 0.6) is 0 Å². The fraction of sp³-hybridized carbons (Fsp3) is 0.280. The van der Waals surface area contributed by atoms with Gasteiger partial charge in [-0.05, 0) is 11.1 Å². The molecule has 2 aliphatic heterocycles. The minimum atomic E-state index is 0.471. The Bertz CT molecular complexity index is 1050. The van der Waals surface area contributed by atoms with Gasteiger partial charge in [0.1, 0.15) is 35.9 Å². The summed E-state index contributed by atoms with van der Waals surface area (Å²) in [5.74, 6) is 0. The first-order chi connectivity index (χ1) is 14.3. The Balaban J connectivity index is 1.25. The van der Waals surface area contributed by atoms with E-state index < -0.39 is 0 Å². The Labute approximate surface area is 171 Å². The predicted octanol–water partition coefficient (Wildman–Crippen LogP) is 3.44. The summed E-state index contributed by atoms with van der Waals surface area (Å²) in [5.41, 5.74) is 5.70. The van der Waals surface area contributed by atoms with Crippen LogP contribution in [0.2, 0.25) is 0 Å². The van der Waals surface area contributed by atoms with Crippen molar-refractivity contribution in [2.75, 3.05) is 0 Å². The number of benzene rings is 2. The molecule has 2 atom stereocenters. The average molecular weight is 383 g/mol. The maximum atomic E-state index is 2.46. The Morgan fingerprint density at radius 1 is 0.655 bits per heavy atom. The zero-order valence-corrected chi connectivity index (χ0v) is 16.6. The number of fused-ring (bicyclic) bond motifs is 2. The number of aromatic nitrogens is 4. The third-order valence-corrected chi connectivity index (χ3v) is 6.55. The Kier molecular flexibility index (Phi) is 3.89. The van der Waals surface area contributed by atoms with Crippen molar-refractivity contribution in [1.29, 1.82) is 0 Å². The van der Waals surface area contributed by atoms with Crippen LogP contribution < -0.4 is 9.13 Å². The van der Waals surface area contributed by atoms with Gasteiger partial charge in [-0.15, -0.1) is 0 Å². The molecule has 4 nitrogen and oxygen atoms in total. The van der Waals surface area contributed by atoms with Crippen LogP contribution in [0.25, 0.3) is 0 Å². The summed E-state index contributed by atoms with van der Waals surface area (Å²) in [6.07, 6.45) is 14.0. The van der Waals surface area contributed by atoms with Crippen LogP contribution in [-0.4, -0.2) is 9.13 Å². The molecule has 0 unspecified atom stereocenters. The SMILES string of the molecule is c1ccc([C@H]2CCc3c[n+](C[n+]4cc5n(c4)[C@@H](c4ccccc4)CC5)cn32)cc1. The van der Waals surface area contributed by atoms with Gasteiger partial charge in [0.15, 0.2) is 0 Å². The summed E-state index contributed by atoms with van der Waals surface area (Å²) >= 11 is 0. The summed E-state index contributed by atoms with van der Waals surface area (Å²) in [6, 6.07) is 22.7. The molecule has 0 spiro atoms. The van der Waals surface area contributed by atoms with Crippen LogP contribution >= 0.6 is 0 Å². The molecular weight excluding hydrogens is 356 g/mol. The highest BCUT2D eigenvalue weighted by Crippen LogP contribution is 2.31. The van der Waals surface area contributed by atoms with E-state index in [1.54, 1.807) is 0 Å². The minimum absolute atomic E-state index is 0.471. The van der Waals surface area contributed by atoms with E-state index in [0.29, 0.717) is 12.1 Å². The lowest BCUT2D eigenvalue weighted by Gasteiger charge is -2.08. The van der Waals surface area contributed by atoms with Gasteiger partial charge in [-0.3, -0.25) is 0 Å². The number of hydrogen-bond donors (Lipinski definition) is 0. The smallest absolute Gasteiger partial charge is 0.227 e. The van der Waals surface area contributed by atoms with Gasteiger partial charge in [0, 0.05) is 25.7 Å². The molecule has 0 aliphatic carbocycles. The first kappa shape index (κ1) is 16.8. The van der Waals surface area contributed by atoms with Gasteiger partial charge in [-0.25, -0.2) is 9.13 Å². The molecule has 6 rings (SSSR count). The van der Waals surface area contributed by atoms with Gasteiger partial charge in [0.05, 0.1) is 0 Å². The van der Waals surface area contributed by atoms with Crippen LogP contribution in [0.1, 0.15) is 47.4 Å². The molecule has 4 aromatic rings. The van der Waals surface area contributed by atoms with E-state index in [2.05, 4.69) is 104 Å². The third kappa shape index (κ3) is 2.91. The van der Waals surface area contributed by atoms with Crippen molar-refractivity contribution >= 4 is 0 Å².